The molecule has 0 spiro atoms. The summed E-state index contributed by atoms with van der Waals surface area (Å²) >= 11 is 0. The molecule has 2 aliphatic carbocycles. The Morgan fingerprint density at radius 1 is 0.862 bits per heavy atom. The van der Waals surface area contributed by atoms with Gasteiger partial charge in [-0.05, 0) is 92.5 Å². The van der Waals surface area contributed by atoms with Gasteiger partial charge in [0.1, 0.15) is 0 Å². The van der Waals surface area contributed by atoms with Crippen LogP contribution in [0.15, 0.2) is 36.4 Å². The Labute approximate surface area is 178 Å². The minimum Gasteiger partial charge on any atom is -0.192 e. The first-order chi connectivity index (χ1) is 14.3. The summed E-state index contributed by atoms with van der Waals surface area (Å²) in [6.07, 6.45) is 21.6. The van der Waals surface area contributed by atoms with Gasteiger partial charge in [-0.3, -0.25) is 0 Å². The molecule has 1 nitrogen and oxygen atoms in total. The molecule has 0 atom stereocenters. The topological polar surface area (TPSA) is 23.8 Å². The van der Waals surface area contributed by atoms with E-state index in [9.17, 15) is 0 Å². The van der Waals surface area contributed by atoms with Crippen molar-refractivity contribution < 1.29 is 0 Å². The van der Waals surface area contributed by atoms with E-state index in [4.69, 9.17) is 5.26 Å². The molecule has 0 heterocycles. The highest BCUT2D eigenvalue weighted by molar-refractivity contribution is 5.41. The highest BCUT2D eigenvalue weighted by Crippen LogP contribution is 2.42. The molecule has 1 aromatic rings. The summed E-state index contributed by atoms with van der Waals surface area (Å²) in [7, 11) is 0. The van der Waals surface area contributed by atoms with Crippen molar-refractivity contribution in [2.45, 2.75) is 84.0 Å². The van der Waals surface area contributed by atoms with E-state index in [1.807, 2.05) is 30.3 Å². The second kappa shape index (κ2) is 11.9. The number of hydrogen-bond acceptors (Lipinski definition) is 1. The van der Waals surface area contributed by atoms with Gasteiger partial charge in [-0.1, -0.05) is 63.4 Å². The van der Waals surface area contributed by atoms with E-state index < -0.39 is 0 Å². The van der Waals surface area contributed by atoms with E-state index in [1.54, 1.807) is 0 Å². The fourth-order valence-corrected chi connectivity index (χ4v) is 5.38. The summed E-state index contributed by atoms with van der Waals surface area (Å²) in [6, 6.07) is 9.64. The van der Waals surface area contributed by atoms with Gasteiger partial charge in [0, 0.05) is 5.56 Å². The standard InChI is InChI=1S/C28H37N/c1-2-3-4-7-24-14-18-27(19-15-24)28-20-16-25(17-21-28)9-6-5-8-23-10-12-26(22-29)13-11-23/h6,9-13,24-25,27-28H,2-4,7,14-21H2,1H3. The third-order valence-corrected chi connectivity index (χ3v) is 7.27. The molecule has 0 radical (unpaired) electrons. The third kappa shape index (κ3) is 7.08. The number of nitrogens with zero attached hydrogens (tertiary/aromatic N) is 1. The second-order valence-corrected chi connectivity index (χ2v) is 9.27. The summed E-state index contributed by atoms with van der Waals surface area (Å²) in [5, 5.41) is 8.84. The maximum atomic E-state index is 8.84. The lowest BCUT2D eigenvalue weighted by molar-refractivity contribution is 0.151. The predicted molar refractivity (Wildman–Crippen MR) is 122 cm³/mol. The molecule has 1 aromatic carbocycles. The SMILES string of the molecule is CCCCCC1CCC(C2CCC(C=CC#Cc3ccc(C#N)cc3)CC2)CC1. The molecule has 154 valence electrons. The van der Waals surface area contributed by atoms with Crippen LogP contribution in [0.2, 0.25) is 0 Å². The van der Waals surface area contributed by atoms with Crippen molar-refractivity contribution >= 4 is 0 Å². The van der Waals surface area contributed by atoms with Crippen LogP contribution in [-0.4, -0.2) is 0 Å². The Balaban J connectivity index is 1.36. The highest BCUT2D eigenvalue weighted by atomic mass is 14.4. The zero-order chi connectivity index (χ0) is 20.3. The number of nitriles is 1. The van der Waals surface area contributed by atoms with Gasteiger partial charge in [-0.15, -0.1) is 0 Å². The second-order valence-electron chi connectivity index (χ2n) is 9.27. The molecule has 1 heteroatoms. The smallest absolute Gasteiger partial charge is 0.0991 e. The first-order valence-corrected chi connectivity index (χ1v) is 12.0. The number of allylic oxidation sites excluding steroid dienone is 2. The molecule has 0 bridgehead atoms. The zero-order valence-corrected chi connectivity index (χ0v) is 18.2. The molecule has 0 aromatic heterocycles. The van der Waals surface area contributed by atoms with Crippen LogP contribution >= 0.6 is 0 Å². The molecule has 2 saturated carbocycles. The monoisotopic (exact) mass is 387 g/mol. The summed E-state index contributed by atoms with van der Waals surface area (Å²) in [5.41, 5.74) is 1.66. The summed E-state index contributed by atoms with van der Waals surface area (Å²) in [5.74, 6) is 10.1. The average Bonchev–Trinajstić information content (AvgIpc) is 2.78. The largest absolute Gasteiger partial charge is 0.192 e. The third-order valence-electron chi connectivity index (χ3n) is 7.27. The summed E-state index contributed by atoms with van der Waals surface area (Å²) in [4.78, 5) is 0. The molecule has 2 fully saturated rings. The molecule has 0 unspecified atom stereocenters. The van der Waals surface area contributed by atoms with Crippen LogP contribution in [0, 0.1) is 46.8 Å². The number of unbranched alkanes of at least 4 members (excludes halogenated alkanes) is 2. The Bertz CT molecular complexity index is 723. The lowest BCUT2D eigenvalue weighted by Crippen LogP contribution is -2.25. The van der Waals surface area contributed by atoms with Crippen molar-refractivity contribution in [3.05, 3.63) is 47.5 Å². The van der Waals surface area contributed by atoms with Crippen LogP contribution in [-0.2, 0) is 0 Å². The van der Waals surface area contributed by atoms with Crippen LogP contribution < -0.4 is 0 Å². The normalized spacial score (nSPS) is 27.2. The van der Waals surface area contributed by atoms with Crippen LogP contribution in [0.1, 0.15) is 95.1 Å². The van der Waals surface area contributed by atoms with E-state index >= 15 is 0 Å². The van der Waals surface area contributed by atoms with Gasteiger partial charge >= 0.3 is 0 Å². The molecule has 0 saturated heterocycles. The Morgan fingerprint density at radius 3 is 2.10 bits per heavy atom. The van der Waals surface area contributed by atoms with E-state index in [1.165, 1.54) is 77.0 Å². The minimum absolute atomic E-state index is 0.688. The molecule has 3 rings (SSSR count). The zero-order valence-electron chi connectivity index (χ0n) is 18.2. The van der Waals surface area contributed by atoms with Gasteiger partial charge in [0.2, 0.25) is 0 Å². The molecule has 29 heavy (non-hydrogen) atoms. The number of benzene rings is 1. The average molecular weight is 388 g/mol. The lowest BCUT2D eigenvalue weighted by atomic mass is 9.68. The Morgan fingerprint density at radius 2 is 1.48 bits per heavy atom. The summed E-state index contributed by atoms with van der Waals surface area (Å²) in [6.45, 7) is 2.31. The van der Waals surface area contributed by atoms with Gasteiger partial charge in [-0.2, -0.15) is 5.26 Å². The van der Waals surface area contributed by atoms with Crippen LogP contribution in [0.4, 0.5) is 0 Å². The van der Waals surface area contributed by atoms with Gasteiger partial charge in [-0.25, -0.2) is 0 Å². The summed E-state index contributed by atoms with van der Waals surface area (Å²) < 4.78 is 0. The first-order valence-electron chi connectivity index (χ1n) is 12.0. The molecule has 0 N–H and O–H groups in total. The molecular weight excluding hydrogens is 350 g/mol. The van der Waals surface area contributed by atoms with E-state index in [-0.39, 0.29) is 0 Å². The Kier molecular flexibility index (Phi) is 8.89. The molecular formula is C28H37N. The van der Waals surface area contributed by atoms with Crippen LogP contribution in [0.5, 0.6) is 0 Å². The van der Waals surface area contributed by atoms with Crippen molar-refractivity contribution in [3.8, 4) is 17.9 Å². The fourth-order valence-electron chi connectivity index (χ4n) is 5.38. The van der Waals surface area contributed by atoms with Gasteiger partial charge in [0.15, 0.2) is 0 Å². The predicted octanol–water partition coefficient (Wildman–Crippen LogP) is 7.66. The van der Waals surface area contributed by atoms with Crippen molar-refractivity contribution in [3.63, 3.8) is 0 Å². The molecule has 0 aliphatic heterocycles. The van der Waals surface area contributed by atoms with Crippen LogP contribution in [0.3, 0.4) is 0 Å². The van der Waals surface area contributed by atoms with Crippen molar-refractivity contribution in [2.75, 3.05) is 0 Å². The maximum absolute atomic E-state index is 8.84. The maximum Gasteiger partial charge on any atom is 0.0991 e. The number of rotatable bonds is 6. The van der Waals surface area contributed by atoms with Crippen LogP contribution in [0.25, 0.3) is 0 Å². The lowest BCUT2D eigenvalue weighted by Gasteiger charge is -2.37. The first kappa shape index (κ1) is 21.7. The van der Waals surface area contributed by atoms with Crippen molar-refractivity contribution in [2.24, 2.45) is 23.7 Å². The van der Waals surface area contributed by atoms with E-state index in [0.717, 1.165) is 23.3 Å². The fraction of sp³-hybridized carbons (Fsp3) is 0.607. The van der Waals surface area contributed by atoms with Gasteiger partial charge in [0.25, 0.3) is 0 Å². The highest BCUT2D eigenvalue weighted by Gasteiger charge is 2.30. The van der Waals surface area contributed by atoms with E-state index in [2.05, 4.69) is 30.9 Å². The van der Waals surface area contributed by atoms with E-state index in [0.29, 0.717) is 11.5 Å². The minimum atomic E-state index is 0.688. The molecule has 2 aliphatic rings. The van der Waals surface area contributed by atoms with Gasteiger partial charge in [0.05, 0.1) is 11.6 Å². The molecule has 0 amide bonds. The van der Waals surface area contributed by atoms with Crippen molar-refractivity contribution in [1.82, 2.24) is 0 Å². The van der Waals surface area contributed by atoms with Gasteiger partial charge < -0.3 is 0 Å². The Hall–Kier alpha value is -1.99. The van der Waals surface area contributed by atoms with Crippen molar-refractivity contribution in [1.29, 1.82) is 5.26 Å². The number of hydrogen-bond donors (Lipinski definition) is 0. The quantitative estimate of drug-likeness (QED) is 0.363.